The number of hydrogen-bond acceptors (Lipinski definition) is 5. The summed E-state index contributed by atoms with van der Waals surface area (Å²) < 4.78 is 25.0. The van der Waals surface area contributed by atoms with Gasteiger partial charge in [0.25, 0.3) is 0 Å². The highest BCUT2D eigenvalue weighted by Gasteiger charge is 2.35. The second-order valence-corrected chi connectivity index (χ2v) is 7.59. The molecule has 0 fully saturated rings. The summed E-state index contributed by atoms with van der Waals surface area (Å²) in [5.74, 6) is 0.105. The fraction of sp³-hybridized carbons (Fsp3) is 0.0769. The van der Waals surface area contributed by atoms with Crippen LogP contribution in [0.1, 0.15) is 22.6 Å². The van der Waals surface area contributed by atoms with Gasteiger partial charge in [-0.1, -0.05) is 42.5 Å². The molecule has 0 radical (unpaired) electrons. The van der Waals surface area contributed by atoms with Crippen LogP contribution in [-0.4, -0.2) is 10.2 Å². The molecule has 6 nitrogen and oxygen atoms in total. The number of nitrogens with two attached hydrogens (primary N) is 1. The molecule has 0 saturated carbocycles. The predicted molar refractivity (Wildman–Crippen MR) is 120 cm³/mol. The Hall–Kier alpha value is -4.57. The molecule has 0 spiro atoms. The van der Waals surface area contributed by atoms with Crippen molar-refractivity contribution in [3.8, 4) is 29.0 Å². The number of fused-ring (bicyclic) bond motifs is 1. The van der Waals surface area contributed by atoms with E-state index in [1.165, 1.54) is 12.1 Å². The third-order valence-electron chi connectivity index (χ3n) is 5.53. The fourth-order valence-electron chi connectivity index (χ4n) is 3.91. The lowest BCUT2D eigenvalue weighted by Gasteiger charge is -2.24. The summed E-state index contributed by atoms with van der Waals surface area (Å²) in [5.41, 5.74) is 10.2. The maximum Gasteiger partial charge on any atom is 0.244 e. The van der Waals surface area contributed by atoms with Crippen molar-refractivity contribution >= 4 is 0 Å². The van der Waals surface area contributed by atoms with E-state index >= 15 is 0 Å². The molecular weight excluding hydrogens is 419 g/mol. The van der Waals surface area contributed by atoms with Crippen molar-refractivity contribution in [3.05, 3.63) is 113 Å². The van der Waals surface area contributed by atoms with Gasteiger partial charge in [-0.3, -0.25) is 5.10 Å². The number of nitrogens with zero attached hydrogens (tertiary/aromatic N) is 2. The van der Waals surface area contributed by atoms with Gasteiger partial charge >= 0.3 is 0 Å². The number of nitrogens with one attached hydrogen (secondary N) is 1. The predicted octanol–water partition coefficient (Wildman–Crippen LogP) is 5.01. The van der Waals surface area contributed by atoms with Gasteiger partial charge in [0, 0.05) is 5.56 Å². The fourth-order valence-corrected chi connectivity index (χ4v) is 3.91. The van der Waals surface area contributed by atoms with Gasteiger partial charge in [0.1, 0.15) is 29.8 Å². The average molecular weight is 438 g/mol. The Morgan fingerprint density at radius 2 is 1.76 bits per heavy atom. The zero-order valence-corrected chi connectivity index (χ0v) is 17.5. The number of ether oxygens (including phenoxy) is 2. The van der Waals surface area contributed by atoms with Gasteiger partial charge in [-0.2, -0.15) is 5.26 Å². The Morgan fingerprint density at radius 3 is 2.45 bits per heavy atom. The zero-order valence-electron chi connectivity index (χ0n) is 17.5. The van der Waals surface area contributed by atoms with E-state index in [0.717, 1.165) is 16.9 Å². The Bertz CT molecular complexity index is 1350. The Balaban J connectivity index is 1.48. The number of nitriles is 1. The van der Waals surface area contributed by atoms with Crippen molar-refractivity contribution in [2.75, 3.05) is 0 Å². The van der Waals surface area contributed by atoms with Gasteiger partial charge in [-0.05, 0) is 47.5 Å². The van der Waals surface area contributed by atoms with Crippen LogP contribution in [0.2, 0.25) is 0 Å². The van der Waals surface area contributed by atoms with Crippen molar-refractivity contribution in [1.82, 2.24) is 10.2 Å². The zero-order chi connectivity index (χ0) is 22.8. The minimum Gasteiger partial charge on any atom is -0.489 e. The molecule has 2 heterocycles. The van der Waals surface area contributed by atoms with Crippen LogP contribution in [-0.2, 0) is 6.61 Å². The van der Waals surface area contributed by atoms with E-state index in [1.54, 1.807) is 12.1 Å². The van der Waals surface area contributed by atoms with E-state index in [4.69, 9.17) is 15.2 Å². The third kappa shape index (κ3) is 3.90. The number of aromatic amines is 1. The van der Waals surface area contributed by atoms with Crippen LogP contribution in [0.25, 0.3) is 11.3 Å². The molecule has 1 aromatic heterocycles. The molecule has 0 unspecified atom stereocenters. The summed E-state index contributed by atoms with van der Waals surface area (Å²) in [6, 6.07) is 25.6. The van der Waals surface area contributed by atoms with Crippen molar-refractivity contribution in [2.45, 2.75) is 12.5 Å². The van der Waals surface area contributed by atoms with Crippen LogP contribution in [0.15, 0.2) is 90.3 Å². The van der Waals surface area contributed by atoms with Crippen molar-refractivity contribution < 1.29 is 13.9 Å². The number of aromatic nitrogens is 2. The maximum atomic E-state index is 13.5. The lowest BCUT2D eigenvalue weighted by molar-refractivity contribution is 0.306. The molecule has 3 N–H and O–H groups in total. The first-order chi connectivity index (χ1) is 16.1. The lowest BCUT2D eigenvalue weighted by atomic mass is 9.83. The maximum absolute atomic E-state index is 13.5. The van der Waals surface area contributed by atoms with Crippen LogP contribution in [0.3, 0.4) is 0 Å². The monoisotopic (exact) mass is 438 g/mol. The van der Waals surface area contributed by atoms with Gasteiger partial charge in [-0.25, -0.2) is 4.39 Å². The molecule has 1 aliphatic heterocycles. The Labute approximate surface area is 189 Å². The van der Waals surface area contributed by atoms with E-state index in [9.17, 15) is 9.65 Å². The minimum atomic E-state index is -0.540. The highest BCUT2D eigenvalue weighted by Crippen LogP contribution is 2.45. The number of halogens is 1. The number of hydrogen-bond donors (Lipinski definition) is 2. The highest BCUT2D eigenvalue weighted by molar-refractivity contribution is 5.71. The largest absolute Gasteiger partial charge is 0.489 e. The quantitative estimate of drug-likeness (QED) is 0.456. The molecule has 1 aliphatic rings. The average Bonchev–Trinajstić information content (AvgIpc) is 3.27. The van der Waals surface area contributed by atoms with Gasteiger partial charge in [0.2, 0.25) is 11.8 Å². The minimum absolute atomic E-state index is 0.0120. The molecule has 3 aromatic carbocycles. The first-order valence-corrected chi connectivity index (χ1v) is 10.3. The summed E-state index contributed by atoms with van der Waals surface area (Å²) in [5, 5.41) is 17.0. The van der Waals surface area contributed by atoms with E-state index in [1.807, 2.05) is 54.6 Å². The molecule has 4 aromatic rings. The van der Waals surface area contributed by atoms with Crippen LogP contribution in [0, 0.1) is 17.1 Å². The van der Waals surface area contributed by atoms with Crippen molar-refractivity contribution in [1.29, 1.82) is 5.26 Å². The van der Waals surface area contributed by atoms with E-state index in [-0.39, 0.29) is 17.3 Å². The third-order valence-corrected chi connectivity index (χ3v) is 5.53. The normalized spacial score (nSPS) is 14.8. The lowest BCUT2D eigenvalue weighted by Crippen LogP contribution is -2.21. The number of H-pyrrole nitrogens is 1. The highest BCUT2D eigenvalue weighted by atomic mass is 19.1. The number of allylic oxidation sites excluding steroid dienone is 1. The molecule has 5 rings (SSSR count). The summed E-state index contributed by atoms with van der Waals surface area (Å²) in [6.45, 7) is 0.468. The van der Waals surface area contributed by atoms with Gasteiger partial charge in [0.05, 0.1) is 17.2 Å². The Kier molecular flexibility index (Phi) is 5.25. The number of rotatable bonds is 5. The van der Waals surface area contributed by atoms with Crippen molar-refractivity contribution in [2.24, 2.45) is 5.73 Å². The molecule has 0 saturated heterocycles. The smallest absolute Gasteiger partial charge is 0.244 e. The van der Waals surface area contributed by atoms with Crippen LogP contribution in [0.4, 0.5) is 4.39 Å². The molecule has 1 atom stereocenters. The summed E-state index contributed by atoms with van der Waals surface area (Å²) in [6.07, 6.45) is 0. The van der Waals surface area contributed by atoms with E-state index < -0.39 is 5.92 Å². The Morgan fingerprint density at radius 1 is 1.03 bits per heavy atom. The first-order valence-electron chi connectivity index (χ1n) is 10.3. The molecule has 162 valence electrons. The van der Waals surface area contributed by atoms with Crippen LogP contribution in [0.5, 0.6) is 11.6 Å². The second-order valence-electron chi connectivity index (χ2n) is 7.59. The van der Waals surface area contributed by atoms with Gasteiger partial charge in [-0.15, -0.1) is 5.10 Å². The van der Waals surface area contributed by atoms with E-state index in [0.29, 0.717) is 29.3 Å². The topological polar surface area (TPSA) is 97.0 Å². The molecular formula is C26H19FN4O2. The first kappa shape index (κ1) is 20.3. The summed E-state index contributed by atoms with van der Waals surface area (Å²) in [4.78, 5) is 0. The van der Waals surface area contributed by atoms with Crippen molar-refractivity contribution in [3.63, 3.8) is 0 Å². The molecule has 0 bridgehead atoms. The molecule has 7 heteroatoms. The second kappa shape index (κ2) is 8.52. The molecule has 33 heavy (non-hydrogen) atoms. The van der Waals surface area contributed by atoms with E-state index in [2.05, 4.69) is 16.3 Å². The van der Waals surface area contributed by atoms with Gasteiger partial charge < -0.3 is 15.2 Å². The summed E-state index contributed by atoms with van der Waals surface area (Å²) in [7, 11) is 0. The molecule has 0 amide bonds. The standard InChI is InChI=1S/C26H19FN4O2/c27-19-10-6-17(7-11-19)22-21(14-28)25(29)33-26-23(22)24(30-31-26)18-8-12-20(13-9-18)32-15-16-4-2-1-3-5-16/h1-13,22H,15,29H2,(H,30,31)/t22-/m0/s1. The van der Waals surface area contributed by atoms with Crippen LogP contribution < -0.4 is 15.2 Å². The van der Waals surface area contributed by atoms with Gasteiger partial charge in [0.15, 0.2) is 0 Å². The van der Waals surface area contributed by atoms with Crippen LogP contribution >= 0.6 is 0 Å². The molecule has 0 aliphatic carbocycles. The SMILES string of the molecule is N#CC1=C(N)Oc2n[nH]c(-c3ccc(OCc4ccccc4)cc3)c2[C@H]1c1ccc(F)cc1. The number of benzene rings is 3. The summed E-state index contributed by atoms with van der Waals surface area (Å²) >= 11 is 0.